The predicted molar refractivity (Wildman–Crippen MR) is 176 cm³/mol. The third-order valence-corrected chi connectivity index (χ3v) is 8.87. The lowest BCUT2D eigenvalue weighted by Gasteiger charge is -2.29. The molecule has 45 heavy (non-hydrogen) atoms. The summed E-state index contributed by atoms with van der Waals surface area (Å²) in [5, 5.41) is 17.7. The molecule has 2 fully saturated rings. The fourth-order valence-corrected chi connectivity index (χ4v) is 6.41. The summed E-state index contributed by atoms with van der Waals surface area (Å²) >= 11 is 0. The van der Waals surface area contributed by atoms with Gasteiger partial charge in [0, 0.05) is 43.6 Å². The van der Waals surface area contributed by atoms with Gasteiger partial charge in [0.1, 0.15) is 17.3 Å². The quantitative estimate of drug-likeness (QED) is 0.228. The summed E-state index contributed by atoms with van der Waals surface area (Å²) in [6.07, 6.45) is 7.87. The van der Waals surface area contributed by atoms with Crippen LogP contribution in [0.25, 0.3) is 11.0 Å². The molecule has 1 atom stereocenters. The molecule has 0 amide bonds. The van der Waals surface area contributed by atoms with Gasteiger partial charge in [-0.3, -0.25) is 0 Å². The number of benzene rings is 2. The van der Waals surface area contributed by atoms with Crippen molar-refractivity contribution in [3.05, 3.63) is 53.7 Å². The SMILES string of the molecule is COc1ccc(Cn2nc(C3C=NNC3)c3c(NC4CCCCC4)nc(Nc4ccc(N5CCOCC5)cc4OC)nc32)cc1. The van der Waals surface area contributed by atoms with E-state index in [-0.39, 0.29) is 5.92 Å². The molecule has 236 valence electrons. The predicted octanol–water partition coefficient (Wildman–Crippen LogP) is 4.89. The Morgan fingerprint density at radius 1 is 0.978 bits per heavy atom. The van der Waals surface area contributed by atoms with E-state index in [4.69, 9.17) is 29.3 Å². The van der Waals surface area contributed by atoms with Crippen LogP contribution in [0, 0.1) is 0 Å². The lowest BCUT2D eigenvalue weighted by atomic mass is 9.95. The molecule has 0 bridgehead atoms. The Morgan fingerprint density at radius 2 is 1.80 bits per heavy atom. The highest BCUT2D eigenvalue weighted by Crippen LogP contribution is 2.36. The number of nitrogens with zero attached hydrogens (tertiary/aromatic N) is 6. The second-order valence-corrected chi connectivity index (χ2v) is 11.8. The van der Waals surface area contributed by atoms with Crippen LogP contribution in [0.1, 0.15) is 49.3 Å². The Balaban J connectivity index is 1.30. The van der Waals surface area contributed by atoms with Gasteiger partial charge in [0.05, 0.1) is 56.7 Å². The average Bonchev–Trinajstić information content (AvgIpc) is 3.75. The molecule has 3 aliphatic rings. The Morgan fingerprint density at radius 3 is 2.53 bits per heavy atom. The largest absolute Gasteiger partial charge is 0.497 e. The molecule has 1 saturated heterocycles. The molecule has 2 aliphatic heterocycles. The summed E-state index contributed by atoms with van der Waals surface area (Å²) in [5.74, 6) is 2.85. The van der Waals surface area contributed by atoms with Crippen LogP contribution in [0.2, 0.25) is 0 Å². The maximum absolute atomic E-state index is 5.84. The van der Waals surface area contributed by atoms with E-state index < -0.39 is 0 Å². The summed E-state index contributed by atoms with van der Waals surface area (Å²) in [6, 6.07) is 14.6. The van der Waals surface area contributed by atoms with Gasteiger partial charge >= 0.3 is 0 Å². The van der Waals surface area contributed by atoms with Crippen LogP contribution in [0.3, 0.4) is 0 Å². The van der Waals surface area contributed by atoms with Crippen molar-refractivity contribution in [1.29, 1.82) is 0 Å². The smallest absolute Gasteiger partial charge is 0.231 e. The topological polar surface area (TPSA) is 123 Å². The first-order valence-electron chi connectivity index (χ1n) is 15.9. The van der Waals surface area contributed by atoms with Crippen molar-refractivity contribution >= 4 is 40.4 Å². The molecule has 2 aromatic carbocycles. The second-order valence-electron chi connectivity index (χ2n) is 11.8. The minimum Gasteiger partial charge on any atom is -0.497 e. The van der Waals surface area contributed by atoms with E-state index in [2.05, 4.69) is 50.3 Å². The maximum Gasteiger partial charge on any atom is 0.231 e. The van der Waals surface area contributed by atoms with Gasteiger partial charge in [-0.25, -0.2) is 4.68 Å². The molecule has 0 spiro atoms. The van der Waals surface area contributed by atoms with Crippen LogP contribution < -0.4 is 30.4 Å². The lowest BCUT2D eigenvalue weighted by molar-refractivity contribution is 0.122. The number of nitrogens with one attached hydrogen (secondary N) is 3. The highest BCUT2D eigenvalue weighted by molar-refractivity contribution is 5.94. The highest BCUT2D eigenvalue weighted by atomic mass is 16.5. The number of ether oxygens (including phenoxy) is 3. The molecule has 7 rings (SSSR count). The highest BCUT2D eigenvalue weighted by Gasteiger charge is 2.27. The Kier molecular flexibility index (Phi) is 8.54. The Hall–Kier alpha value is -4.58. The molecule has 1 saturated carbocycles. The molecule has 0 radical (unpaired) electrons. The number of hydrogen-bond donors (Lipinski definition) is 3. The van der Waals surface area contributed by atoms with Crippen molar-refractivity contribution in [1.82, 2.24) is 25.2 Å². The minimum atomic E-state index is 0.0201. The lowest BCUT2D eigenvalue weighted by Crippen LogP contribution is -2.36. The zero-order valence-corrected chi connectivity index (χ0v) is 26.0. The van der Waals surface area contributed by atoms with E-state index in [1.165, 1.54) is 19.3 Å². The van der Waals surface area contributed by atoms with Gasteiger partial charge in [-0.1, -0.05) is 31.4 Å². The number of hydrogen-bond acceptors (Lipinski definition) is 11. The van der Waals surface area contributed by atoms with Gasteiger partial charge in [-0.15, -0.1) is 0 Å². The molecule has 1 aliphatic carbocycles. The van der Waals surface area contributed by atoms with Crippen LogP contribution in [0.15, 0.2) is 47.6 Å². The number of hydrazone groups is 1. The standard InChI is InChI=1S/C33H41N9O3/c1-43-26-11-8-22(9-12-26)21-42-32-29(30(40-42)23-19-34-35-20-23)31(36-24-6-4-3-5-7-24)38-33(39-32)37-27-13-10-25(18-28(27)44-2)41-14-16-45-17-15-41/h8-13,18-19,23-24,35H,3-7,14-17,20-21H2,1-2H3,(H2,36,37,38,39). The first-order chi connectivity index (χ1) is 22.2. The van der Waals surface area contributed by atoms with E-state index in [1.807, 2.05) is 29.1 Å². The summed E-state index contributed by atoms with van der Waals surface area (Å²) in [6.45, 7) is 4.39. The van der Waals surface area contributed by atoms with Gasteiger partial charge < -0.3 is 35.2 Å². The van der Waals surface area contributed by atoms with E-state index in [0.717, 1.165) is 90.1 Å². The number of aromatic nitrogens is 4. The molecular formula is C33H41N9O3. The second kappa shape index (κ2) is 13.2. The molecular weight excluding hydrogens is 570 g/mol. The van der Waals surface area contributed by atoms with E-state index >= 15 is 0 Å². The van der Waals surface area contributed by atoms with Crippen LogP contribution in [-0.2, 0) is 11.3 Å². The Labute approximate surface area is 263 Å². The summed E-state index contributed by atoms with van der Waals surface area (Å²) in [5.41, 5.74) is 7.78. The van der Waals surface area contributed by atoms with Crippen molar-refractivity contribution in [3.8, 4) is 11.5 Å². The third-order valence-electron chi connectivity index (χ3n) is 8.87. The normalized spacial score (nSPS) is 18.6. The van der Waals surface area contributed by atoms with Crippen molar-refractivity contribution in [2.24, 2.45) is 5.10 Å². The summed E-state index contributed by atoms with van der Waals surface area (Å²) in [7, 11) is 3.37. The van der Waals surface area contributed by atoms with Gasteiger partial charge in [-0.05, 0) is 42.7 Å². The van der Waals surface area contributed by atoms with E-state index in [0.29, 0.717) is 25.1 Å². The van der Waals surface area contributed by atoms with Crippen molar-refractivity contribution in [3.63, 3.8) is 0 Å². The van der Waals surface area contributed by atoms with Crippen molar-refractivity contribution < 1.29 is 14.2 Å². The van der Waals surface area contributed by atoms with Crippen LogP contribution in [-0.4, -0.2) is 79.1 Å². The molecule has 12 nitrogen and oxygen atoms in total. The van der Waals surface area contributed by atoms with Crippen molar-refractivity contribution in [2.75, 3.05) is 62.6 Å². The van der Waals surface area contributed by atoms with Crippen LogP contribution >= 0.6 is 0 Å². The molecule has 2 aromatic heterocycles. The number of morpholine rings is 1. The number of rotatable bonds is 10. The summed E-state index contributed by atoms with van der Waals surface area (Å²) in [4.78, 5) is 12.5. The monoisotopic (exact) mass is 611 g/mol. The fourth-order valence-electron chi connectivity index (χ4n) is 6.41. The van der Waals surface area contributed by atoms with E-state index in [9.17, 15) is 0 Å². The fraction of sp³-hybridized carbons (Fsp3) is 0.455. The number of fused-ring (bicyclic) bond motifs is 1. The minimum absolute atomic E-state index is 0.0201. The number of anilines is 4. The average molecular weight is 612 g/mol. The molecule has 4 aromatic rings. The van der Waals surface area contributed by atoms with Crippen LogP contribution in [0.5, 0.6) is 11.5 Å². The van der Waals surface area contributed by atoms with Gasteiger partial charge in [0.25, 0.3) is 0 Å². The molecule has 12 heteroatoms. The zero-order valence-electron chi connectivity index (χ0n) is 26.0. The van der Waals surface area contributed by atoms with Gasteiger partial charge in [0.2, 0.25) is 5.95 Å². The number of methoxy groups -OCH3 is 2. The van der Waals surface area contributed by atoms with Crippen molar-refractivity contribution in [2.45, 2.75) is 50.6 Å². The molecule has 4 heterocycles. The van der Waals surface area contributed by atoms with Crippen LogP contribution in [0.4, 0.5) is 23.1 Å². The molecule has 1 unspecified atom stereocenters. The third kappa shape index (κ3) is 6.32. The molecule has 3 N–H and O–H groups in total. The summed E-state index contributed by atoms with van der Waals surface area (Å²) < 4.78 is 18.7. The zero-order chi connectivity index (χ0) is 30.6. The Bertz CT molecular complexity index is 1640. The first-order valence-corrected chi connectivity index (χ1v) is 15.9. The van der Waals surface area contributed by atoms with Gasteiger partial charge in [0.15, 0.2) is 5.65 Å². The maximum atomic E-state index is 5.84. The first kappa shape index (κ1) is 29.1. The van der Waals surface area contributed by atoms with E-state index in [1.54, 1.807) is 14.2 Å². The van der Waals surface area contributed by atoms with Gasteiger partial charge in [-0.2, -0.15) is 20.2 Å².